The number of aliphatic imine (C=N–C) groups is 1. The number of ether oxygens (including phenoxy) is 1. The van der Waals surface area contributed by atoms with Gasteiger partial charge in [-0.3, -0.25) is 4.99 Å². The molecule has 4 heteroatoms. The van der Waals surface area contributed by atoms with Crippen LogP contribution in [0.5, 0.6) is 5.75 Å². The fourth-order valence-corrected chi connectivity index (χ4v) is 3.08. The summed E-state index contributed by atoms with van der Waals surface area (Å²) in [5, 5.41) is 5.06. The molecule has 1 N–H and O–H groups in total. The van der Waals surface area contributed by atoms with Crippen molar-refractivity contribution in [2.45, 2.75) is 38.4 Å². The number of nitrogens with one attached hydrogen (secondary N) is 1. The van der Waals surface area contributed by atoms with Gasteiger partial charge in [-0.25, -0.2) is 0 Å². The van der Waals surface area contributed by atoms with Crippen LogP contribution in [-0.2, 0) is 0 Å². The second-order valence-corrected chi connectivity index (χ2v) is 5.96. The zero-order valence-corrected chi connectivity index (χ0v) is 12.5. The molecular weight excluding hydrogens is 256 g/mol. The Morgan fingerprint density at radius 2 is 2.05 bits per heavy atom. The number of thioether (sulfide) groups is 1. The molecule has 1 aromatic rings. The van der Waals surface area contributed by atoms with Crippen LogP contribution in [0.1, 0.15) is 33.1 Å². The molecule has 1 aliphatic rings. The van der Waals surface area contributed by atoms with Gasteiger partial charge in [0.15, 0.2) is 5.17 Å². The highest BCUT2D eigenvalue weighted by molar-refractivity contribution is 8.15. The van der Waals surface area contributed by atoms with Gasteiger partial charge in [0.05, 0.1) is 13.2 Å². The van der Waals surface area contributed by atoms with Crippen molar-refractivity contribution in [2.24, 2.45) is 4.99 Å². The van der Waals surface area contributed by atoms with Crippen molar-refractivity contribution in [3.8, 4) is 5.75 Å². The molecule has 0 aliphatic carbocycles. The fraction of sp³-hybridized carbons (Fsp3) is 0.533. The first-order valence-corrected chi connectivity index (χ1v) is 7.90. The fourth-order valence-electron chi connectivity index (χ4n) is 1.94. The number of nitrogens with zero attached hydrogens (tertiary/aromatic N) is 1. The monoisotopic (exact) mass is 278 g/mol. The molecule has 104 valence electrons. The predicted octanol–water partition coefficient (Wildman–Crippen LogP) is 4.16. The molecule has 0 aromatic heterocycles. The Bertz CT molecular complexity index is 417. The van der Waals surface area contributed by atoms with E-state index in [1.807, 2.05) is 36.0 Å². The van der Waals surface area contributed by atoms with Crippen molar-refractivity contribution in [3.05, 3.63) is 24.3 Å². The summed E-state index contributed by atoms with van der Waals surface area (Å²) >= 11 is 1.86. The Labute approximate surface area is 119 Å². The van der Waals surface area contributed by atoms with Crippen molar-refractivity contribution in [1.29, 1.82) is 0 Å². The van der Waals surface area contributed by atoms with Crippen LogP contribution in [0.3, 0.4) is 0 Å². The molecule has 0 bridgehead atoms. The van der Waals surface area contributed by atoms with Crippen molar-refractivity contribution < 1.29 is 4.74 Å². The molecule has 0 amide bonds. The SMILES string of the molecule is CCCOc1ccc(NC2=NCC(CCC)S2)cc1. The Hall–Kier alpha value is -1.16. The molecule has 2 rings (SSSR count). The van der Waals surface area contributed by atoms with Gasteiger partial charge in [-0.1, -0.05) is 32.0 Å². The van der Waals surface area contributed by atoms with E-state index >= 15 is 0 Å². The van der Waals surface area contributed by atoms with Gasteiger partial charge in [0.1, 0.15) is 5.75 Å². The first-order valence-electron chi connectivity index (χ1n) is 7.02. The summed E-state index contributed by atoms with van der Waals surface area (Å²) < 4.78 is 5.57. The highest BCUT2D eigenvalue weighted by Crippen LogP contribution is 2.26. The second kappa shape index (κ2) is 7.43. The molecule has 0 spiro atoms. The van der Waals surface area contributed by atoms with Gasteiger partial charge in [-0.15, -0.1) is 0 Å². The summed E-state index contributed by atoms with van der Waals surface area (Å²) in [5.74, 6) is 0.928. The number of benzene rings is 1. The van der Waals surface area contributed by atoms with E-state index in [0.29, 0.717) is 5.25 Å². The van der Waals surface area contributed by atoms with Gasteiger partial charge >= 0.3 is 0 Å². The Morgan fingerprint density at radius 1 is 1.26 bits per heavy atom. The molecule has 0 saturated carbocycles. The molecule has 1 aliphatic heterocycles. The van der Waals surface area contributed by atoms with Gasteiger partial charge in [0, 0.05) is 10.9 Å². The molecule has 3 nitrogen and oxygen atoms in total. The maximum absolute atomic E-state index is 5.57. The third-order valence-electron chi connectivity index (χ3n) is 2.91. The first-order chi connectivity index (χ1) is 9.31. The quantitative estimate of drug-likeness (QED) is 0.848. The standard InChI is InChI=1S/C15H22N2OS/c1-3-5-14-11-16-15(19-14)17-12-6-8-13(9-7-12)18-10-4-2/h6-9,14H,3-5,10-11H2,1-2H3,(H,16,17). The summed E-state index contributed by atoms with van der Waals surface area (Å²) in [4.78, 5) is 4.54. The number of hydrogen-bond acceptors (Lipinski definition) is 4. The predicted molar refractivity (Wildman–Crippen MR) is 84.4 cm³/mol. The minimum Gasteiger partial charge on any atom is -0.494 e. The van der Waals surface area contributed by atoms with Crippen LogP contribution >= 0.6 is 11.8 Å². The molecule has 0 radical (unpaired) electrons. The van der Waals surface area contributed by atoms with Crippen LogP contribution in [0.4, 0.5) is 5.69 Å². The maximum atomic E-state index is 5.57. The van der Waals surface area contributed by atoms with E-state index in [9.17, 15) is 0 Å². The van der Waals surface area contributed by atoms with Crippen LogP contribution in [0.15, 0.2) is 29.3 Å². The first kappa shape index (κ1) is 14.3. The minimum atomic E-state index is 0.652. The smallest absolute Gasteiger partial charge is 0.161 e. The number of amidine groups is 1. The van der Waals surface area contributed by atoms with Gasteiger partial charge in [0.2, 0.25) is 0 Å². The van der Waals surface area contributed by atoms with E-state index in [2.05, 4.69) is 24.2 Å². The average Bonchev–Trinajstić information content (AvgIpc) is 2.86. The topological polar surface area (TPSA) is 33.6 Å². The van der Waals surface area contributed by atoms with E-state index in [4.69, 9.17) is 4.74 Å². The van der Waals surface area contributed by atoms with Gasteiger partial charge in [-0.2, -0.15) is 0 Å². The summed E-state index contributed by atoms with van der Waals surface area (Å²) in [6.45, 7) is 6.05. The molecule has 1 unspecified atom stereocenters. The summed E-state index contributed by atoms with van der Waals surface area (Å²) in [6.07, 6.45) is 3.50. The number of anilines is 1. The summed E-state index contributed by atoms with van der Waals surface area (Å²) in [7, 11) is 0. The van der Waals surface area contributed by atoms with Gasteiger partial charge < -0.3 is 10.1 Å². The maximum Gasteiger partial charge on any atom is 0.161 e. The molecule has 0 fully saturated rings. The van der Waals surface area contributed by atoms with Crippen LogP contribution in [0.25, 0.3) is 0 Å². The molecule has 1 aromatic carbocycles. The molecule has 19 heavy (non-hydrogen) atoms. The molecule has 1 heterocycles. The Morgan fingerprint density at radius 3 is 2.74 bits per heavy atom. The van der Waals surface area contributed by atoms with Crippen LogP contribution < -0.4 is 10.1 Å². The van der Waals surface area contributed by atoms with E-state index in [0.717, 1.165) is 36.2 Å². The molecule has 1 atom stereocenters. The van der Waals surface area contributed by atoms with Crippen molar-refractivity contribution in [1.82, 2.24) is 0 Å². The molecular formula is C15H22N2OS. The lowest BCUT2D eigenvalue weighted by atomic mass is 10.2. The Kier molecular flexibility index (Phi) is 5.58. The normalized spacial score (nSPS) is 18.2. The minimum absolute atomic E-state index is 0.652. The third kappa shape index (κ3) is 4.46. The highest BCUT2D eigenvalue weighted by atomic mass is 32.2. The van der Waals surface area contributed by atoms with E-state index in [1.165, 1.54) is 12.8 Å². The summed E-state index contributed by atoms with van der Waals surface area (Å²) in [5.41, 5.74) is 1.08. The average molecular weight is 278 g/mol. The summed E-state index contributed by atoms with van der Waals surface area (Å²) in [6, 6.07) is 8.09. The van der Waals surface area contributed by atoms with Crippen LogP contribution in [0, 0.1) is 0 Å². The number of rotatable bonds is 6. The lowest BCUT2D eigenvalue weighted by molar-refractivity contribution is 0.317. The zero-order chi connectivity index (χ0) is 13.5. The second-order valence-electron chi connectivity index (χ2n) is 4.67. The Balaban J connectivity index is 1.83. The molecule has 0 saturated heterocycles. The lowest BCUT2D eigenvalue weighted by Crippen LogP contribution is -2.07. The number of hydrogen-bond donors (Lipinski definition) is 1. The van der Waals surface area contributed by atoms with Crippen LogP contribution in [0.2, 0.25) is 0 Å². The van der Waals surface area contributed by atoms with Crippen molar-refractivity contribution >= 4 is 22.6 Å². The highest BCUT2D eigenvalue weighted by Gasteiger charge is 2.18. The van der Waals surface area contributed by atoms with E-state index < -0.39 is 0 Å². The van der Waals surface area contributed by atoms with Crippen LogP contribution in [-0.4, -0.2) is 23.6 Å². The van der Waals surface area contributed by atoms with Crippen molar-refractivity contribution in [2.75, 3.05) is 18.5 Å². The largest absolute Gasteiger partial charge is 0.494 e. The zero-order valence-electron chi connectivity index (χ0n) is 11.7. The van der Waals surface area contributed by atoms with Gasteiger partial charge in [-0.05, 0) is 37.1 Å². The van der Waals surface area contributed by atoms with Gasteiger partial charge in [0.25, 0.3) is 0 Å². The van der Waals surface area contributed by atoms with Crippen molar-refractivity contribution in [3.63, 3.8) is 0 Å². The lowest BCUT2D eigenvalue weighted by Gasteiger charge is -2.09. The third-order valence-corrected chi connectivity index (χ3v) is 4.08. The van der Waals surface area contributed by atoms with E-state index in [1.54, 1.807) is 0 Å². The van der Waals surface area contributed by atoms with E-state index in [-0.39, 0.29) is 0 Å².